The number of pyridine rings is 2. The number of alkyl halides is 2. The predicted molar refractivity (Wildman–Crippen MR) is 170 cm³/mol. The van der Waals surface area contributed by atoms with E-state index in [0.29, 0.717) is 12.3 Å². The number of carbonyl (C=O) groups excluding carboxylic acids is 1. The van der Waals surface area contributed by atoms with Crippen molar-refractivity contribution in [2.24, 2.45) is 11.8 Å². The van der Waals surface area contributed by atoms with E-state index >= 15 is 0 Å². The van der Waals surface area contributed by atoms with Crippen LogP contribution in [0.4, 0.5) is 13.6 Å². The summed E-state index contributed by atoms with van der Waals surface area (Å²) >= 11 is 1.46. The molecule has 1 amide bonds. The van der Waals surface area contributed by atoms with Crippen LogP contribution in [0.5, 0.6) is 5.88 Å². The number of carbonyl (C=O) groups is 1. The van der Waals surface area contributed by atoms with E-state index < -0.39 is 28.3 Å². The van der Waals surface area contributed by atoms with Crippen LogP contribution in [0.15, 0.2) is 43.2 Å². The van der Waals surface area contributed by atoms with E-state index in [2.05, 4.69) is 21.9 Å². The Hall–Kier alpha value is -2.68. The maximum atomic E-state index is 14.1. The third-order valence-corrected chi connectivity index (χ3v) is 9.16. The van der Waals surface area contributed by atoms with Crippen molar-refractivity contribution in [3.63, 3.8) is 0 Å². The Morgan fingerprint density at radius 1 is 1.19 bits per heavy atom. The molecular formula is C33H49F2N3O3S. The second kappa shape index (κ2) is 15.7. The highest BCUT2D eigenvalue weighted by atomic mass is 32.2. The van der Waals surface area contributed by atoms with Crippen LogP contribution < -0.4 is 10.1 Å². The standard InChI is InChI=1S/C16H29F2NO2S.C13H12N2O.C4H8/c1-10-8-12(15(6,22-7)9-16(10,17)18)11(2)19-13(20)21-14(3,4)5;1-3-11-7-6-10(9-15-11)12-5-4-8-14-13(12)16-2;1-2-4-3-1/h10-12H,8-9H2,1-7H3,(H,19,20);3-9H,1H2,2H3;1-4H2. The summed E-state index contributed by atoms with van der Waals surface area (Å²) in [6.07, 6.45) is 12.8. The van der Waals surface area contributed by atoms with Gasteiger partial charge in [-0.3, -0.25) is 4.98 Å². The van der Waals surface area contributed by atoms with Crippen molar-refractivity contribution in [3.8, 4) is 17.0 Å². The SMILES string of the molecule is C1CCC1.C=Cc1ccc(-c2cccnc2OC)cn1.CSC1(C)CC(F)(F)C(C)CC1C(C)NC(=O)OC(C)(C)C. The lowest BCUT2D eigenvalue weighted by molar-refractivity contribution is -0.104. The molecule has 0 saturated heterocycles. The number of nitrogens with zero attached hydrogens (tertiary/aromatic N) is 2. The molecule has 0 aliphatic heterocycles. The van der Waals surface area contributed by atoms with Crippen LogP contribution in [0.25, 0.3) is 17.2 Å². The van der Waals surface area contributed by atoms with Gasteiger partial charge in [0.25, 0.3) is 5.92 Å². The van der Waals surface area contributed by atoms with Crippen LogP contribution in [0.1, 0.15) is 85.8 Å². The third kappa shape index (κ3) is 10.5. The lowest BCUT2D eigenvalue weighted by Crippen LogP contribution is -2.55. The summed E-state index contributed by atoms with van der Waals surface area (Å²) < 4.78 is 38.0. The molecule has 2 saturated carbocycles. The normalized spacial score (nSPS) is 23.4. The minimum Gasteiger partial charge on any atom is -0.481 e. The van der Waals surface area contributed by atoms with E-state index in [1.165, 1.54) is 37.4 Å². The first-order valence-corrected chi connectivity index (χ1v) is 15.9. The second-order valence-corrected chi connectivity index (χ2v) is 13.6. The summed E-state index contributed by atoms with van der Waals surface area (Å²) in [6.45, 7) is 14.4. The van der Waals surface area contributed by atoms with E-state index in [1.54, 1.807) is 53.3 Å². The molecule has 1 N–H and O–H groups in total. The lowest BCUT2D eigenvalue weighted by atomic mass is 9.70. The average Bonchev–Trinajstić information content (AvgIpc) is 2.88. The van der Waals surface area contributed by atoms with Gasteiger partial charge in [0.1, 0.15) is 5.60 Å². The molecule has 6 nitrogen and oxygen atoms in total. The van der Waals surface area contributed by atoms with Gasteiger partial charge >= 0.3 is 6.09 Å². The maximum Gasteiger partial charge on any atom is 0.407 e. The van der Waals surface area contributed by atoms with Crippen LogP contribution in [0, 0.1) is 11.8 Å². The number of aromatic nitrogens is 2. The quantitative estimate of drug-likeness (QED) is 0.354. The molecule has 0 aromatic carbocycles. The number of ether oxygens (including phenoxy) is 2. The Balaban J connectivity index is 0.000000266. The molecule has 42 heavy (non-hydrogen) atoms. The molecule has 2 heterocycles. The zero-order valence-electron chi connectivity index (χ0n) is 26.5. The first kappa shape index (κ1) is 35.5. The Kier molecular flexibility index (Phi) is 13.3. The van der Waals surface area contributed by atoms with Gasteiger partial charge < -0.3 is 14.8 Å². The minimum absolute atomic E-state index is 0.0235. The van der Waals surface area contributed by atoms with Crippen molar-refractivity contribution in [3.05, 3.63) is 48.9 Å². The Morgan fingerprint density at radius 3 is 2.31 bits per heavy atom. The maximum absolute atomic E-state index is 14.1. The van der Waals surface area contributed by atoms with Crippen LogP contribution in [-0.4, -0.2) is 51.7 Å². The lowest BCUT2D eigenvalue weighted by Gasteiger charge is -2.48. The largest absolute Gasteiger partial charge is 0.481 e. The smallest absolute Gasteiger partial charge is 0.407 e. The van der Waals surface area contributed by atoms with Crippen LogP contribution in [0.3, 0.4) is 0 Å². The zero-order valence-corrected chi connectivity index (χ0v) is 27.3. The number of alkyl carbamates (subject to hydrolysis) is 1. The molecule has 2 aliphatic rings. The molecule has 2 aromatic rings. The number of thioether (sulfide) groups is 1. The summed E-state index contributed by atoms with van der Waals surface area (Å²) in [7, 11) is 1.61. The molecule has 2 aromatic heterocycles. The minimum atomic E-state index is -2.65. The third-order valence-electron chi connectivity index (χ3n) is 7.78. The fraction of sp³-hybridized carbons (Fsp3) is 0.606. The number of amides is 1. The molecule has 0 bridgehead atoms. The van der Waals surface area contributed by atoms with Gasteiger partial charge in [-0.25, -0.2) is 18.6 Å². The van der Waals surface area contributed by atoms with Crippen molar-refractivity contribution >= 4 is 23.9 Å². The van der Waals surface area contributed by atoms with Gasteiger partial charge in [0.05, 0.1) is 12.8 Å². The number of hydrogen-bond donors (Lipinski definition) is 1. The van der Waals surface area contributed by atoms with Crippen molar-refractivity contribution in [2.45, 2.75) is 102 Å². The molecule has 0 radical (unpaired) electrons. The molecule has 0 spiro atoms. The Morgan fingerprint density at radius 2 is 1.83 bits per heavy atom. The molecule has 9 heteroatoms. The van der Waals surface area contributed by atoms with Gasteiger partial charge in [-0.15, -0.1) is 0 Å². The Bertz CT molecular complexity index is 1130. The monoisotopic (exact) mass is 605 g/mol. The van der Waals surface area contributed by atoms with E-state index in [0.717, 1.165) is 16.8 Å². The van der Waals surface area contributed by atoms with E-state index in [1.807, 2.05) is 44.4 Å². The van der Waals surface area contributed by atoms with Crippen LogP contribution in [0.2, 0.25) is 0 Å². The highest BCUT2D eigenvalue weighted by Gasteiger charge is 2.54. The number of hydrogen-bond acceptors (Lipinski definition) is 6. The van der Waals surface area contributed by atoms with Gasteiger partial charge in [-0.2, -0.15) is 11.8 Å². The van der Waals surface area contributed by atoms with Crippen molar-refractivity contribution in [1.29, 1.82) is 0 Å². The molecule has 2 aliphatic carbocycles. The van der Waals surface area contributed by atoms with Crippen molar-refractivity contribution < 1.29 is 23.0 Å². The van der Waals surface area contributed by atoms with Crippen molar-refractivity contribution in [1.82, 2.24) is 15.3 Å². The summed E-state index contributed by atoms with van der Waals surface area (Å²) in [5, 5.41) is 2.82. The summed E-state index contributed by atoms with van der Waals surface area (Å²) in [5.74, 6) is -2.75. The second-order valence-electron chi connectivity index (χ2n) is 12.3. The van der Waals surface area contributed by atoms with Gasteiger partial charge in [0.15, 0.2) is 0 Å². The molecule has 234 valence electrons. The number of halogens is 2. The van der Waals surface area contributed by atoms with Gasteiger partial charge in [0, 0.05) is 46.6 Å². The fourth-order valence-corrected chi connectivity index (χ4v) is 5.77. The van der Waals surface area contributed by atoms with E-state index in [9.17, 15) is 13.6 Å². The summed E-state index contributed by atoms with van der Waals surface area (Å²) in [4.78, 5) is 20.3. The van der Waals surface area contributed by atoms with Crippen molar-refractivity contribution in [2.75, 3.05) is 13.4 Å². The number of nitrogens with one attached hydrogen (secondary N) is 1. The van der Waals surface area contributed by atoms with Gasteiger partial charge in [-0.05, 0) is 77.5 Å². The summed E-state index contributed by atoms with van der Waals surface area (Å²) in [5.41, 5.74) is 2.20. The first-order valence-electron chi connectivity index (χ1n) is 14.7. The average molecular weight is 606 g/mol. The predicted octanol–water partition coefficient (Wildman–Crippen LogP) is 9.06. The molecule has 2 fully saturated rings. The number of rotatable bonds is 6. The zero-order chi connectivity index (χ0) is 31.6. The highest BCUT2D eigenvalue weighted by molar-refractivity contribution is 8.00. The molecular weight excluding hydrogens is 556 g/mol. The van der Waals surface area contributed by atoms with Gasteiger partial charge in [-0.1, -0.05) is 45.3 Å². The molecule has 4 unspecified atom stereocenters. The topological polar surface area (TPSA) is 73.3 Å². The summed E-state index contributed by atoms with van der Waals surface area (Å²) in [6, 6.07) is 7.50. The van der Waals surface area contributed by atoms with E-state index in [-0.39, 0.29) is 18.4 Å². The van der Waals surface area contributed by atoms with Gasteiger partial charge in [0.2, 0.25) is 5.88 Å². The molecule has 4 atom stereocenters. The first-order chi connectivity index (χ1) is 19.7. The highest BCUT2D eigenvalue weighted by Crippen LogP contribution is 2.52. The van der Waals surface area contributed by atoms with Crippen LogP contribution in [-0.2, 0) is 4.74 Å². The number of methoxy groups -OCH3 is 1. The van der Waals surface area contributed by atoms with E-state index in [4.69, 9.17) is 9.47 Å². The fourth-order valence-electron chi connectivity index (χ4n) is 4.84. The Labute approximate surface area is 255 Å². The molecule has 4 rings (SSSR count). The van der Waals surface area contributed by atoms with Crippen LogP contribution >= 0.6 is 11.8 Å².